The van der Waals surface area contributed by atoms with Crippen LogP contribution in [0.5, 0.6) is 0 Å². The molecule has 8 heteroatoms. The Morgan fingerprint density at radius 2 is 0.844 bits per heavy atom. The quantitative estimate of drug-likeness (QED) is 0.457. The zero-order valence-corrected chi connectivity index (χ0v) is 20.1. The van der Waals surface area contributed by atoms with E-state index in [2.05, 4.69) is 55.4 Å². The van der Waals surface area contributed by atoms with Crippen molar-refractivity contribution >= 4 is 47.2 Å². The van der Waals surface area contributed by atoms with Crippen molar-refractivity contribution in [1.82, 2.24) is 9.97 Å². The molecule has 3 aromatic rings. The molecule has 0 N–H and O–H groups in total. The molecule has 1 aromatic heterocycles. The van der Waals surface area contributed by atoms with Crippen molar-refractivity contribution in [3.63, 3.8) is 0 Å². The second kappa shape index (κ2) is 6.76. The molecule has 2 aliphatic heterocycles. The second-order valence-electron chi connectivity index (χ2n) is 10.8. The number of hydrogen-bond donors (Lipinski definition) is 0. The molecule has 0 bridgehead atoms. The van der Waals surface area contributed by atoms with Crippen molar-refractivity contribution in [1.29, 1.82) is 0 Å². The van der Waals surface area contributed by atoms with Crippen LogP contribution >= 0.6 is 0 Å². The lowest BCUT2D eigenvalue weighted by Gasteiger charge is -2.32. The number of nitrogens with zero attached hydrogens (tertiary/aromatic N) is 2. The molecule has 0 amide bonds. The SMILES string of the molecule is CC1(C)OB(c2ccc(B3OC(C)(C)C(C)(C)O3)c3nc4ccccc4nc23)OC1(C)C. The highest BCUT2D eigenvalue weighted by molar-refractivity contribution is 6.68. The predicted octanol–water partition coefficient (Wildman–Crippen LogP) is 3.38. The van der Waals surface area contributed by atoms with Crippen LogP contribution in [0.4, 0.5) is 0 Å². The van der Waals surface area contributed by atoms with Crippen LogP contribution in [-0.2, 0) is 18.6 Å². The summed E-state index contributed by atoms with van der Waals surface area (Å²) in [5, 5.41) is 0. The Labute approximate surface area is 190 Å². The molecule has 32 heavy (non-hydrogen) atoms. The first-order valence-corrected chi connectivity index (χ1v) is 11.2. The van der Waals surface area contributed by atoms with Crippen molar-refractivity contribution in [3.8, 4) is 0 Å². The highest BCUT2D eigenvalue weighted by Crippen LogP contribution is 2.38. The Bertz CT molecular complexity index is 1100. The molecule has 5 rings (SSSR count). The molecule has 6 nitrogen and oxygen atoms in total. The summed E-state index contributed by atoms with van der Waals surface area (Å²) in [6.07, 6.45) is 0. The standard InChI is InChI=1S/C24H30B2N2O4/c1-21(2)22(3,4)30-25(29-21)15-13-14-16(26-31-23(5,6)24(7,8)32-26)20-19(15)27-17-11-9-10-12-18(17)28-20/h9-14H,1-8H3. The number of rotatable bonds is 2. The summed E-state index contributed by atoms with van der Waals surface area (Å²) in [5.74, 6) is 0. The van der Waals surface area contributed by atoms with Crippen molar-refractivity contribution in [3.05, 3.63) is 36.4 Å². The Morgan fingerprint density at radius 3 is 1.16 bits per heavy atom. The molecule has 0 atom stereocenters. The molecule has 0 radical (unpaired) electrons. The van der Waals surface area contributed by atoms with Gasteiger partial charge in [-0.15, -0.1) is 0 Å². The summed E-state index contributed by atoms with van der Waals surface area (Å²) in [6, 6.07) is 11.9. The molecule has 2 aromatic carbocycles. The van der Waals surface area contributed by atoms with Gasteiger partial charge < -0.3 is 18.6 Å². The lowest BCUT2D eigenvalue weighted by Crippen LogP contribution is -2.41. The predicted molar refractivity (Wildman–Crippen MR) is 128 cm³/mol. The molecule has 2 aliphatic rings. The largest absolute Gasteiger partial charge is 0.497 e. The number of aromatic nitrogens is 2. The lowest BCUT2D eigenvalue weighted by molar-refractivity contribution is 0.00578. The van der Waals surface area contributed by atoms with Gasteiger partial charge >= 0.3 is 14.2 Å². The van der Waals surface area contributed by atoms with Gasteiger partial charge in [0.15, 0.2) is 0 Å². The van der Waals surface area contributed by atoms with E-state index in [9.17, 15) is 0 Å². The third kappa shape index (κ3) is 3.19. The first kappa shape index (κ1) is 21.8. The van der Waals surface area contributed by atoms with Gasteiger partial charge in [-0.25, -0.2) is 9.97 Å². The summed E-state index contributed by atoms with van der Waals surface area (Å²) < 4.78 is 25.4. The molecule has 2 saturated heterocycles. The first-order valence-electron chi connectivity index (χ1n) is 11.2. The molecule has 0 spiro atoms. The highest BCUT2D eigenvalue weighted by Gasteiger charge is 2.54. The molecule has 3 heterocycles. The fraction of sp³-hybridized carbons (Fsp3) is 0.500. The number of hydrogen-bond acceptors (Lipinski definition) is 6. The van der Waals surface area contributed by atoms with Crippen molar-refractivity contribution in [2.75, 3.05) is 0 Å². The molecule has 0 aliphatic carbocycles. The summed E-state index contributed by atoms with van der Waals surface area (Å²) in [7, 11) is -1.07. The van der Waals surface area contributed by atoms with E-state index in [1.165, 1.54) is 0 Å². The molecule has 2 fully saturated rings. The zero-order chi connectivity index (χ0) is 23.1. The third-order valence-corrected chi connectivity index (χ3v) is 7.57. The number of para-hydroxylation sites is 2. The minimum absolute atomic E-state index is 0.446. The van der Waals surface area contributed by atoms with Crippen molar-refractivity contribution < 1.29 is 18.6 Å². The van der Waals surface area contributed by atoms with Gasteiger partial charge in [0, 0.05) is 10.9 Å². The van der Waals surface area contributed by atoms with Crippen LogP contribution in [0.15, 0.2) is 36.4 Å². The van der Waals surface area contributed by atoms with E-state index in [0.717, 1.165) is 33.0 Å². The van der Waals surface area contributed by atoms with Gasteiger partial charge in [-0.05, 0) is 67.5 Å². The average Bonchev–Trinajstić information content (AvgIpc) is 3.04. The molecule has 0 saturated carbocycles. The van der Waals surface area contributed by atoms with E-state index in [-0.39, 0.29) is 0 Å². The van der Waals surface area contributed by atoms with Gasteiger partial charge in [0.05, 0.1) is 44.5 Å². The van der Waals surface area contributed by atoms with Gasteiger partial charge in [0.2, 0.25) is 0 Å². The Balaban J connectivity index is 1.70. The maximum Gasteiger partial charge on any atom is 0.497 e. The Morgan fingerprint density at radius 1 is 0.531 bits per heavy atom. The number of fused-ring (bicyclic) bond motifs is 2. The van der Waals surface area contributed by atoms with E-state index in [1.54, 1.807) is 0 Å². The topological polar surface area (TPSA) is 62.7 Å². The zero-order valence-electron chi connectivity index (χ0n) is 20.1. The molecular formula is C24H30B2N2O4. The van der Waals surface area contributed by atoms with Gasteiger partial charge in [0.25, 0.3) is 0 Å². The van der Waals surface area contributed by atoms with Crippen LogP contribution in [-0.4, -0.2) is 46.6 Å². The summed E-state index contributed by atoms with van der Waals surface area (Å²) in [6.45, 7) is 16.4. The van der Waals surface area contributed by atoms with Crippen molar-refractivity contribution in [2.45, 2.75) is 77.8 Å². The summed E-state index contributed by atoms with van der Waals surface area (Å²) in [4.78, 5) is 9.98. The van der Waals surface area contributed by atoms with E-state index < -0.39 is 36.6 Å². The van der Waals surface area contributed by atoms with Gasteiger partial charge in [-0.1, -0.05) is 24.3 Å². The maximum atomic E-state index is 6.35. The van der Waals surface area contributed by atoms with E-state index in [0.29, 0.717) is 0 Å². The lowest BCUT2D eigenvalue weighted by atomic mass is 9.72. The minimum Gasteiger partial charge on any atom is -0.399 e. The normalized spacial score (nSPS) is 23.4. The fourth-order valence-corrected chi connectivity index (χ4v) is 4.06. The maximum absolute atomic E-state index is 6.35. The highest BCUT2D eigenvalue weighted by atomic mass is 16.7. The molecule has 0 unspecified atom stereocenters. The molecular weight excluding hydrogens is 402 g/mol. The first-order chi connectivity index (χ1) is 14.8. The van der Waals surface area contributed by atoms with Gasteiger partial charge in [-0.2, -0.15) is 0 Å². The summed E-state index contributed by atoms with van der Waals surface area (Å²) in [5.41, 5.74) is 3.07. The van der Waals surface area contributed by atoms with E-state index in [4.69, 9.17) is 28.6 Å². The van der Waals surface area contributed by atoms with Gasteiger partial charge in [0.1, 0.15) is 0 Å². The monoisotopic (exact) mass is 432 g/mol. The summed E-state index contributed by atoms with van der Waals surface area (Å²) >= 11 is 0. The Kier molecular flexibility index (Phi) is 4.61. The second-order valence-corrected chi connectivity index (χ2v) is 10.8. The van der Waals surface area contributed by atoms with E-state index >= 15 is 0 Å². The van der Waals surface area contributed by atoms with Crippen LogP contribution in [0.1, 0.15) is 55.4 Å². The average molecular weight is 432 g/mol. The Hall–Kier alpha value is -1.99. The fourth-order valence-electron chi connectivity index (χ4n) is 4.06. The van der Waals surface area contributed by atoms with Crippen LogP contribution in [0.3, 0.4) is 0 Å². The van der Waals surface area contributed by atoms with Gasteiger partial charge in [-0.3, -0.25) is 0 Å². The number of benzene rings is 2. The minimum atomic E-state index is -0.537. The van der Waals surface area contributed by atoms with Crippen LogP contribution in [0.25, 0.3) is 22.1 Å². The van der Waals surface area contributed by atoms with Crippen LogP contribution < -0.4 is 10.9 Å². The van der Waals surface area contributed by atoms with Crippen LogP contribution in [0.2, 0.25) is 0 Å². The van der Waals surface area contributed by atoms with Crippen LogP contribution in [0, 0.1) is 0 Å². The third-order valence-electron chi connectivity index (χ3n) is 7.57. The van der Waals surface area contributed by atoms with Crippen molar-refractivity contribution in [2.24, 2.45) is 0 Å². The van der Waals surface area contributed by atoms with E-state index in [1.807, 2.05) is 36.4 Å². The smallest absolute Gasteiger partial charge is 0.399 e. The molecule has 166 valence electrons.